The highest BCUT2D eigenvalue weighted by atomic mass is 32.1. The van der Waals surface area contributed by atoms with Crippen LogP contribution in [0.3, 0.4) is 0 Å². The minimum atomic E-state index is -0.500. The van der Waals surface area contributed by atoms with Crippen LogP contribution in [0.25, 0.3) is 21.1 Å². The number of carbonyl (C=O) groups excluding carboxylic acids is 1. The van der Waals surface area contributed by atoms with Crippen LogP contribution in [0, 0.1) is 10.1 Å². The Balaban J connectivity index is 1.29. The zero-order valence-corrected chi connectivity index (χ0v) is 15.5. The second kappa shape index (κ2) is 7.65. The van der Waals surface area contributed by atoms with Gasteiger partial charge in [-0.25, -0.2) is 0 Å². The Morgan fingerprint density at radius 3 is 2.89 bits per heavy atom. The van der Waals surface area contributed by atoms with Crippen molar-refractivity contribution in [3.8, 4) is 0 Å². The molecule has 0 aliphatic heterocycles. The maximum Gasteiger partial charge on any atom is 0.287 e. The number of anilines is 1. The molecule has 0 fully saturated rings. The van der Waals surface area contributed by atoms with Crippen molar-refractivity contribution in [2.75, 3.05) is 18.4 Å². The molecule has 0 saturated carbocycles. The lowest BCUT2D eigenvalue weighted by molar-refractivity contribution is -0.384. The van der Waals surface area contributed by atoms with E-state index in [0.29, 0.717) is 30.5 Å². The highest BCUT2D eigenvalue weighted by Crippen LogP contribution is 2.26. The normalized spacial score (nSPS) is 11.0. The molecule has 2 N–H and O–H groups in total. The monoisotopic (exact) mass is 396 g/mol. The summed E-state index contributed by atoms with van der Waals surface area (Å²) in [6.45, 7) is 1.13. The van der Waals surface area contributed by atoms with Crippen molar-refractivity contribution in [2.24, 2.45) is 0 Å². The van der Waals surface area contributed by atoms with E-state index >= 15 is 0 Å². The van der Waals surface area contributed by atoms with Crippen LogP contribution in [0.15, 0.2) is 52.9 Å². The van der Waals surface area contributed by atoms with Crippen LogP contribution in [-0.4, -0.2) is 28.3 Å². The first kappa shape index (κ1) is 17.9. The minimum absolute atomic E-state index is 0.0746. The molecule has 4 aromatic rings. The highest BCUT2D eigenvalue weighted by molar-refractivity contribution is 7.13. The Hall–Kier alpha value is -3.46. The molecule has 0 radical (unpaired) electrons. The largest absolute Gasteiger partial charge is 0.451 e. The van der Waals surface area contributed by atoms with Crippen molar-refractivity contribution in [3.05, 3.63) is 64.4 Å². The van der Waals surface area contributed by atoms with E-state index in [1.165, 1.54) is 23.7 Å². The minimum Gasteiger partial charge on any atom is -0.451 e. The average molecular weight is 396 g/mol. The van der Waals surface area contributed by atoms with Gasteiger partial charge in [-0.3, -0.25) is 14.9 Å². The summed E-state index contributed by atoms with van der Waals surface area (Å²) in [7, 11) is 0. The van der Waals surface area contributed by atoms with Crippen molar-refractivity contribution in [2.45, 2.75) is 6.42 Å². The molecule has 2 heterocycles. The van der Waals surface area contributed by atoms with Crippen LogP contribution in [0.4, 0.5) is 11.5 Å². The van der Waals surface area contributed by atoms with E-state index in [1.54, 1.807) is 12.1 Å². The van der Waals surface area contributed by atoms with Crippen LogP contribution in [-0.2, 0) is 0 Å². The van der Waals surface area contributed by atoms with Crippen LogP contribution >= 0.6 is 11.5 Å². The number of nitro benzene ring substituents is 1. The van der Waals surface area contributed by atoms with E-state index in [-0.39, 0.29) is 17.4 Å². The Bertz CT molecular complexity index is 1170. The summed E-state index contributed by atoms with van der Waals surface area (Å²) in [6.07, 6.45) is 0.712. The molecular weight excluding hydrogens is 380 g/mol. The lowest BCUT2D eigenvalue weighted by atomic mass is 10.2. The zero-order valence-electron chi connectivity index (χ0n) is 14.7. The van der Waals surface area contributed by atoms with Crippen LogP contribution in [0.5, 0.6) is 0 Å². The van der Waals surface area contributed by atoms with Gasteiger partial charge >= 0.3 is 0 Å². The SMILES string of the molecule is O=C(NCCCNc1nsc2ccccc12)c1cc2ccc([N+](=O)[O-])cc2o1. The number of non-ortho nitro benzene ring substituents is 1. The average Bonchev–Trinajstić information content (AvgIpc) is 3.31. The molecule has 0 atom stereocenters. The molecule has 0 unspecified atom stereocenters. The fourth-order valence-electron chi connectivity index (χ4n) is 2.84. The zero-order chi connectivity index (χ0) is 19.5. The number of furan rings is 1. The first-order valence-corrected chi connectivity index (χ1v) is 9.43. The number of aromatic nitrogens is 1. The van der Waals surface area contributed by atoms with E-state index in [4.69, 9.17) is 4.42 Å². The second-order valence-electron chi connectivity index (χ2n) is 6.15. The molecule has 4 rings (SSSR count). The van der Waals surface area contributed by atoms with Gasteiger partial charge in [0.05, 0.1) is 15.7 Å². The number of rotatable bonds is 7. The lowest BCUT2D eigenvalue weighted by Crippen LogP contribution is -2.25. The van der Waals surface area contributed by atoms with Crippen molar-refractivity contribution in [1.82, 2.24) is 9.69 Å². The Kier molecular flexibility index (Phi) is 4.90. The number of carbonyl (C=O) groups is 1. The maximum absolute atomic E-state index is 12.2. The third-order valence-corrected chi connectivity index (χ3v) is 5.07. The van der Waals surface area contributed by atoms with Gasteiger partial charge in [0.25, 0.3) is 11.6 Å². The van der Waals surface area contributed by atoms with E-state index in [2.05, 4.69) is 15.0 Å². The summed E-state index contributed by atoms with van der Waals surface area (Å²) in [6, 6.07) is 13.8. The van der Waals surface area contributed by atoms with Gasteiger partial charge in [0, 0.05) is 29.9 Å². The van der Waals surface area contributed by atoms with Crippen LogP contribution in [0.2, 0.25) is 0 Å². The molecule has 8 nitrogen and oxygen atoms in total. The smallest absolute Gasteiger partial charge is 0.287 e. The Morgan fingerprint density at radius 2 is 2.04 bits per heavy atom. The Morgan fingerprint density at radius 1 is 1.18 bits per heavy atom. The van der Waals surface area contributed by atoms with E-state index in [1.807, 2.05) is 24.3 Å². The van der Waals surface area contributed by atoms with Crippen molar-refractivity contribution in [3.63, 3.8) is 0 Å². The predicted molar refractivity (Wildman–Crippen MR) is 108 cm³/mol. The van der Waals surface area contributed by atoms with E-state index in [9.17, 15) is 14.9 Å². The second-order valence-corrected chi connectivity index (χ2v) is 6.96. The van der Waals surface area contributed by atoms with E-state index in [0.717, 1.165) is 15.9 Å². The Labute approximate surface area is 163 Å². The lowest BCUT2D eigenvalue weighted by Gasteiger charge is -2.05. The molecule has 1 amide bonds. The predicted octanol–water partition coefficient (Wildman–Crippen LogP) is 4.18. The molecule has 9 heteroatoms. The molecule has 2 aromatic heterocycles. The summed E-state index contributed by atoms with van der Waals surface area (Å²) in [5, 5.41) is 18.6. The summed E-state index contributed by atoms with van der Waals surface area (Å²) < 4.78 is 11.0. The van der Waals surface area contributed by atoms with Gasteiger partial charge in [-0.2, -0.15) is 4.37 Å². The van der Waals surface area contributed by atoms with Crippen LogP contribution in [0.1, 0.15) is 17.0 Å². The van der Waals surface area contributed by atoms with Crippen molar-refractivity contribution < 1.29 is 14.1 Å². The van der Waals surface area contributed by atoms with Gasteiger partial charge in [-0.15, -0.1) is 0 Å². The van der Waals surface area contributed by atoms with E-state index < -0.39 is 4.92 Å². The maximum atomic E-state index is 12.2. The number of benzene rings is 2. The highest BCUT2D eigenvalue weighted by Gasteiger charge is 2.14. The number of hydrogen-bond donors (Lipinski definition) is 2. The first-order valence-electron chi connectivity index (χ1n) is 8.66. The summed E-state index contributed by atoms with van der Waals surface area (Å²) >= 11 is 1.45. The quantitative estimate of drug-likeness (QED) is 0.275. The molecular formula is C19H16N4O4S. The fourth-order valence-corrected chi connectivity index (χ4v) is 3.60. The topological polar surface area (TPSA) is 110 Å². The summed E-state index contributed by atoms with van der Waals surface area (Å²) in [4.78, 5) is 22.6. The number of amides is 1. The first-order chi connectivity index (χ1) is 13.6. The number of nitrogens with one attached hydrogen (secondary N) is 2. The fraction of sp³-hybridized carbons (Fsp3) is 0.158. The van der Waals surface area contributed by atoms with Gasteiger partial charge in [-0.1, -0.05) is 12.1 Å². The van der Waals surface area contributed by atoms with Crippen LogP contribution < -0.4 is 10.6 Å². The molecule has 0 bridgehead atoms. The summed E-state index contributed by atoms with van der Waals surface area (Å²) in [5.41, 5.74) is 0.242. The number of nitrogens with zero attached hydrogens (tertiary/aromatic N) is 2. The van der Waals surface area contributed by atoms with Gasteiger partial charge in [0.1, 0.15) is 11.4 Å². The number of fused-ring (bicyclic) bond motifs is 2. The van der Waals surface area contributed by atoms with Crippen molar-refractivity contribution in [1.29, 1.82) is 0 Å². The molecule has 0 aliphatic carbocycles. The molecule has 0 aliphatic rings. The molecule has 142 valence electrons. The molecule has 0 spiro atoms. The third kappa shape index (κ3) is 3.65. The number of hydrogen-bond acceptors (Lipinski definition) is 7. The molecule has 0 saturated heterocycles. The molecule has 2 aromatic carbocycles. The van der Waals surface area contributed by atoms with Gasteiger partial charge in [-0.05, 0) is 42.2 Å². The number of nitro groups is 1. The van der Waals surface area contributed by atoms with Gasteiger partial charge < -0.3 is 15.1 Å². The van der Waals surface area contributed by atoms with Crippen molar-refractivity contribution >= 4 is 50.0 Å². The van der Waals surface area contributed by atoms with Gasteiger partial charge in [0.2, 0.25) is 0 Å². The standard InChI is InChI=1S/C19H16N4O4S/c24-19(16-10-12-6-7-13(23(25)26)11-15(12)27-16)21-9-3-8-20-18-14-4-1-2-5-17(14)28-22-18/h1-2,4-7,10-11H,3,8-9H2,(H,20,22)(H,21,24). The molecule has 28 heavy (non-hydrogen) atoms. The summed E-state index contributed by atoms with van der Waals surface area (Å²) in [5.74, 6) is 0.637. The van der Waals surface area contributed by atoms with Gasteiger partial charge in [0.15, 0.2) is 5.76 Å². The third-order valence-electron chi connectivity index (χ3n) is 4.25.